The van der Waals surface area contributed by atoms with Crippen LogP contribution in [0.3, 0.4) is 0 Å². The summed E-state index contributed by atoms with van der Waals surface area (Å²) in [4.78, 5) is 0. The molecule has 0 aliphatic carbocycles. The highest BCUT2D eigenvalue weighted by atomic mass is 16.5. The van der Waals surface area contributed by atoms with E-state index in [9.17, 15) is 5.11 Å². The SMILES string of the molecule is CCCC(C)Oc1c2ccc(CCCC(C)C)cc2c(O)c2cc(CCCC(C)CCC=C(C)C)ccc12. The van der Waals surface area contributed by atoms with Gasteiger partial charge in [0.05, 0.1) is 6.10 Å². The molecular weight excluding hydrogens is 464 g/mol. The molecule has 0 fully saturated rings. The van der Waals surface area contributed by atoms with Gasteiger partial charge in [0, 0.05) is 21.5 Å². The molecule has 0 heterocycles. The summed E-state index contributed by atoms with van der Waals surface area (Å²) >= 11 is 0. The molecule has 2 atom stereocenters. The van der Waals surface area contributed by atoms with Crippen LogP contribution in [-0.2, 0) is 12.8 Å². The Bertz CT molecular complexity index is 1200. The molecule has 0 spiro atoms. The van der Waals surface area contributed by atoms with Crippen LogP contribution in [0.25, 0.3) is 21.5 Å². The van der Waals surface area contributed by atoms with E-state index in [4.69, 9.17) is 4.74 Å². The first-order chi connectivity index (χ1) is 18.2. The summed E-state index contributed by atoms with van der Waals surface area (Å²) in [7, 11) is 0. The van der Waals surface area contributed by atoms with Crippen molar-refractivity contribution in [3.05, 3.63) is 59.2 Å². The average Bonchev–Trinajstić information content (AvgIpc) is 2.86. The molecule has 0 saturated heterocycles. The zero-order chi connectivity index (χ0) is 27.7. The lowest BCUT2D eigenvalue weighted by atomic mass is 9.93. The van der Waals surface area contributed by atoms with Crippen LogP contribution in [0.4, 0.5) is 0 Å². The second-order valence-corrected chi connectivity index (χ2v) is 12.3. The van der Waals surface area contributed by atoms with Crippen molar-refractivity contribution in [3.63, 3.8) is 0 Å². The molecular formula is C36H52O2. The van der Waals surface area contributed by atoms with Crippen molar-refractivity contribution in [2.75, 3.05) is 0 Å². The van der Waals surface area contributed by atoms with Gasteiger partial charge in [0.1, 0.15) is 11.5 Å². The van der Waals surface area contributed by atoms with Crippen molar-refractivity contribution >= 4 is 21.5 Å². The van der Waals surface area contributed by atoms with Gasteiger partial charge in [-0.2, -0.15) is 0 Å². The molecule has 0 aliphatic heterocycles. The molecule has 1 N–H and O–H groups in total. The maximum absolute atomic E-state index is 11.5. The van der Waals surface area contributed by atoms with E-state index in [2.05, 4.69) is 90.9 Å². The van der Waals surface area contributed by atoms with Crippen molar-refractivity contribution in [2.45, 2.75) is 119 Å². The number of phenolic OH excluding ortho intramolecular Hbond substituents is 1. The number of aryl methyl sites for hydroxylation is 2. The highest BCUT2D eigenvalue weighted by Crippen LogP contribution is 2.43. The summed E-state index contributed by atoms with van der Waals surface area (Å²) in [5, 5.41) is 15.4. The van der Waals surface area contributed by atoms with Crippen molar-refractivity contribution in [1.29, 1.82) is 0 Å². The minimum absolute atomic E-state index is 0.133. The molecule has 0 aliphatic rings. The fourth-order valence-corrected chi connectivity index (χ4v) is 5.54. The van der Waals surface area contributed by atoms with E-state index in [0.717, 1.165) is 58.9 Å². The number of benzene rings is 3. The van der Waals surface area contributed by atoms with Crippen LogP contribution in [0.1, 0.15) is 111 Å². The van der Waals surface area contributed by atoms with Crippen LogP contribution in [0, 0.1) is 11.8 Å². The zero-order valence-electron chi connectivity index (χ0n) is 25.2. The van der Waals surface area contributed by atoms with Gasteiger partial charge in [-0.1, -0.05) is 82.9 Å². The quantitative estimate of drug-likeness (QED) is 0.161. The number of aromatic hydroxyl groups is 1. The second-order valence-electron chi connectivity index (χ2n) is 12.3. The number of fused-ring (bicyclic) bond motifs is 2. The molecule has 2 unspecified atom stereocenters. The Morgan fingerprint density at radius 1 is 0.789 bits per heavy atom. The molecule has 0 aromatic heterocycles. The maximum Gasteiger partial charge on any atom is 0.135 e. The molecule has 3 rings (SSSR count). The first-order valence-corrected chi connectivity index (χ1v) is 15.2. The first kappa shape index (κ1) is 30.1. The summed E-state index contributed by atoms with van der Waals surface area (Å²) in [6.45, 7) is 15.6. The van der Waals surface area contributed by atoms with E-state index in [-0.39, 0.29) is 6.10 Å². The van der Waals surface area contributed by atoms with Gasteiger partial charge in [-0.05, 0) is 101 Å². The molecule has 0 bridgehead atoms. The van der Waals surface area contributed by atoms with Gasteiger partial charge in [-0.25, -0.2) is 0 Å². The molecule has 38 heavy (non-hydrogen) atoms. The predicted molar refractivity (Wildman–Crippen MR) is 167 cm³/mol. The lowest BCUT2D eigenvalue weighted by Gasteiger charge is -2.20. The van der Waals surface area contributed by atoms with Crippen LogP contribution in [0.15, 0.2) is 48.0 Å². The lowest BCUT2D eigenvalue weighted by Crippen LogP contribution is -2.11. The summed E-state index contributed by atoms with van der Waals surface area (Å²) in [6, 6.07) is 13.2. The van der Waals surface area contributed by atoms with Gasteiger partial charge in [-0.15, -0.1) is 0 Å². The third-order valence-electron chi connectivity index (χ3n) is 7.80. The van der Waals surface area contributed by atoms with E-state index in [1.165, 1.54) is 55.2 Å². The molecule has 0 saturated carbocycles. The zero-order valence-corrected chi connectivity index (χ0v) is 25.2. The van der Waals surface area contributed by atoms with Crippen molar-refractivity contribution in [1.82, 2.24) is 0 Å². The fraction of sp³-hybridized carbons (Fsp3) is 0.556. The number of rotatable bonds is 15. The Hall–Kier alpha value is -2.48. The highest BCUT2D eigenvalue weighted by Gasteiger charge is 2.18. The standard InChI is InChI=1S/C36H52O2/c1-8-12-28(7)38-36-31-21-19-29(17-10-14-26(4)5)23-33(31)35(37)34-24-30(20-22-32(34)36)18-11-16-27(6)15-9-13-25(2)3/h13,19-24,26-28,37H,8-12,14-18H2,1-7H3. The van der Waals surface area contributed by atoms with Crippen LogP contribution < -0.4 is 4.74 Å². The number of allylic oxidation sites excluding steroid dienone is 2. The van der Waals surface area contributed by atoms with Gasteiger partial charge in [0.15, 0.2) is 0 Å². The summed E-state index contributed by atoms with van der Waals surface area (Å²) < 4.78 is 6.58. The van der Waals surface area contributed by atoms with E-state index >= 15 is 0 Å². The molecule has 208 valence electrons. The van der Waals surface area contributed by atoms with Crippen molar-refractivity contribution in [2.24, 2.45) is 11.8 Å². The minimum Gasteiger partial charge on any atom is -0.507 e. The first-order valence-electron chi connectivity index (χ1n) is 15.2. The number of hydrogen-bond donors (Lipinski definition) is 1. The Morgan fingerprint density at radius 2 is 1.37 bits per heavy atom. The molecule has 3 aromatic carbocycles. The van der Waals surface area contributed by atoms with Crippen LogP contribution >= 0.6 is 0 Å². The summed E-state index contributed by atoms with van der Waals surface area (Å²) in [6.07, 6.45) is 13.9. The Kier molecular flexibility index (Phi) is 11.6. The molecule has 2 heteroatoms. The van der Waals surface area contributed by atoms with Gasteiger partial charge in [0.2, 0.25) is 0 Å². The van der Waals surface area contributed by atoms with Crippen molar-refractivity contribution < 1.29 is 9.84 Å². The topological polar surface area (TPSA) is 29.5 Å². The average molecular weight is 517 g/mol. The highest BCUT2D eigenvalue weighted by molar-refractivity contribution is 6.11. The molecule has 0 radical (unpaired) electrons. The van der Waals surface area contributed by atoms with Crippen LogP contribution in [0.5, 0.6) is 11.5 Å². The van der Waals surface area contributed by atoms with E-state index in [0.29, 0.717) is 11.7 Å². The Balaban J connectivity index is 1.89. The van der Waals surface area contributed by atoms with E-state index < -0.39 is 0 Å². The number of ether oxygens (including phenoxy) is 1. The van der Waals surface area contributed by atoms with E-state index in [1.54, 1.807) is 0 Å². The van der Waals surface area contributed by atoms with E-state index in [1.807, 2.05) is 0 Å². The van der Waals surface area contributed by atoms with Gasteiger partial charge in [0.25, 0.3) is 0 Å². The summed E-state index contributed by atoms with van der Waals surface area (Å²) in [5.41, 5.74) is 4.00. The van der Waals surface area contributed by atoms with Crippen LogP contribution in [-0.4, -0.2) is 11.2 Å². The third kappa shape index (κ3) is 8.52. The smallest absolute Gasteiger partial charge is 0.135 e. The summed E-state index contributed by atoms with van der Waals surface area (Å²) in [5.74, 6) is 2.76. The maximum atomic E-state index is 11.5. The molecule has 0 amide bonds. The van der Waals surface area contributed by atoms with Gasteiger partial charge in [-0.3, -0.25) is 0 Å². The monoisotopic (exact) mass is 516 g/mol. The van der Waals surface area contributed by atoms with Crippen molar-refractivity contribution in [3.8, 4) is 11.5 Å². The predicted octanol–water partition coefficient (Wildman–Crippen LogP) is 10.9. The largest absolute Gasteiger partial charge is 0.507 e. The lowest BCUT2D eigenvalue weighted by molar-refractivity contribution is 0.215. The van der Waals surface area contributed by atoms with Gasteiger partial charge < -0.3 is 9.84 Å². The minimum atomic E-state index is 0.133. The fourth-order valence-electron chi connectivity index (χ4n) is 5.54. The molecule has 3 aromatic rings. The van der Waals surface area contributed by atoms with Crippen LogP contribution in [0.2, 0.25) is 0 Å². The number of hydrogen-bond acceptors (Lipinski definition) is 2. The second kappa shape index (κ2) is 14.6. The molecule has 2 nitrogen and oxygen atoms in total. The van der Waals surface area contributed by atoms with Gasteiger partial charge >= 0.3 is 0 Å². The normalized spacial score (nSPS) is 13.3. The Morgan fingerprint density at radius 3 is 1.89 bits per heavy atom. The third-order valence-corrected chi connectivity index (χ3v) is 7.80. The Labute approximate surface area is 232 Å². The number of phenols is 1.